The summed E-state index contributed by atoms with van der Waals surface area (Å²) in [5.41, 5.74) is 0.244. The van der Waals surface area contributed by atoms with Gasteiger partial charge in [-0.2, -0.15) is 0 Å². The standard InChI is InChI=1S/C15H23NO3/c1-11(13(17)12-9-7-6-8-10-12)16(5)14(18)19-15(2,3)4/h6-11,13,17H,1-5H3/t11-,13+/m0/s1. The highest BCUT2D eigenvalue weighted by molar-refractivity contribution is 5.68. The van der Waals surface area contributed by atoms with E-state index in [1.807, 2.05) is 51.1 Å². The van der Waals surface area contributed by atoms with Crippen LogP contribution in [0.4, 0.5) is 4.79 Å². The van der Waals surface area contributed by atoms with E-state index in [0.717, 1.165) is 5.56 Å². The zero-order valence-corrected chi connectivity index (χ0v) is 12.3. The number of aliphatic hydroxyl groups is 1. The Kier molecular flexibility index (Phi) is 4.95. The third kappa shape index (κ3) is 4.56. The third-order valence-electron chi connectivity index (χ3n) is 2.89. The highest BCUT2D eigenvalue weighted by Crippen LogP contribution is 2.21. The summed E-state index contributed by atoms with van der Waals surface area (Å²) in [6.07, 6.45) is -1.17. The van der Waals surface area contributed by atoms with Crippen molar-refractivity contribution in [2.75, 3.05) is 7.05 Å². The van der Waals surface area contributed by atoms with Crippen molar-refractivity contribution >= 4 is 6.09 Å². The third-order valence-corrected chi connectivity index (χ3v) is 2.89. The zero-order chi connectivity index (χ0) is 14.6. The van der Waals surface area contributed by atoms with E-state index in [2.05, 4.69) is 0 Å². The van der Waals surface area contributed by atoms with Crippen molar-refractivity contribution in [3.63, 3.8) is 0 Å². The van der Waals surface area contributed by atoms with E-state index in [-0.39, 0.29) is 6.04 Å². The summed E-state index contributed by atoms with van der Waals surface area (Å²) in [5, 5.41) is 10.3. The number of likely N-dealkylation sites (N-methyl/N-ethyl adjacent to an activating group) is 1. The largest absolute Gasteiger partial charge is 0.444 e. The molecular formula is C15H23NO3. The van der Waals surface area contributed by atoms with Crippen molar-refractivity contribution in [1.29, 1.82) is 0 Å². The van der Waals surface area contributed by atoms with E-state index >= 15 is 0 Å². The average molecular weight is 265 g/mol. The highest BCUT2D eigenvalue weighted by Gasteiger charge is 2.27. The van der Waals surface area contributed by atoms with Gasteiger partial charge in [-0.1, -0.05) is 30.3 Å². The summed E-state index contributed by atoms with van der Waals surface area (Å²) >= 11 is 0. The normalized spacial score (nSPS) is 14.6. The summed E-state index contributed by atoms with van der Waals surface area (Å²) < 4.78 is 5.28. The van der Waals surface area contributed by atoms with Crippen LogP contribution in [-0.4, -0.2) is 34.8 Å². The SMILES string of the molecule is C[C@@H]([C@@H](O)c1ccccc1)N(C)C(=O)OC(C)(C)C. The number of rotatable bonds is 3. The predicted octanol–water partition coefficient (Wildman–Crippen LogP) is 2.98. The minimum absolute atomic E-state index is 0.364. The molecular weight excluding hydrogens is 242 g/mol. The number of amides is 1. The van der Waals surface area contributed by atoms with Crippen molar-refractivity contribution in [3.8, 4) is 0 Å². The minimum Gasteiger partial charge on any atom is -0.444 e. The Morgan fingerprint density at radius 3 is 2.26 bits per heavy atom. The van der Waals surface area contributed by atoms with Crippen LogP contribution in [0.2, 0.25) is 0 Å². The molecule has 0 unspecified atom stereocenters. The molecule has 19 heavy (non-hydrogen) atoms. The second-order valence-corrected chi connectivity index (χ2v) is 5.69. The molecule has 0 aliphatic heterocycles. The van der Waals surface area contributed by atoms with Gasteiger partial charge in [-0.25, -0.2) is 4.79 Å². The number of aliphatic hydroxyl groups excluding tert-OH is 1. The molecule has 0 aliphatic rings. The fourth-order valence-electron chi connectivity index (χ4n) is 1.64. The van der Waals surface area contributed by atoms with Crippen LogP contribution < -0.4 is 0 Å². The van der Waals surface area contributed by atoms with Crippen LogP contribution in [0.5, 0.6) is 0 Å². The Balaban J connectivity index is 2.72. The van der Waals surface area contributed by atoms with E-state index in [1.54, 1.807) is 14.0 Å². The van der Waals surface area contributed by atoms with Gasteiger partial charge in [-0.3, -0.25) is 0 Å². The van der Waals surface area contributed by atoms with Gasteiger partial charge in [-0.15, -0.1) is 0 Å². The molecule has 0 spiro atoms. The Morgan fingerprint density at radius 1 is 1.26 bits per heavy atom. The molecule has 1 aromatic rings. The van der Waals surface area contributed by atoms with Crippen molar-refractivity contribution in [1.82, 2.24) is 4.90 Å². The lowest BCUT2D eigenvalue weighted by Crippen LogP contribution is -2.42. The first kappa shape index (κ1) is 15.5. The van der Waals surface area contributed by atoms with Crippen molar-refractivity contribution in [3.05, 3.63) is 35.9 Å². The van der Waals surface area contributed by atoms with Gasteiger partial charge in [0, 0.05) is 7.05 Å². The Labute approximate surface area is 115 Å². The van der Waals surface area contributed by atoms with Crippen LogP contribution in [0, 0.1) is 0 Å². The second-order valence-electron chi connectivity index (χ2n) is 5.69. The molecule has 0 heterocycles. The molecule has 1 aromatic carbocycles. The van der Waals surface area contributed by atoms with Crippen molar-refractivity contribution in [2.24, 2.45) is 0 Å². The van der Waals surface area contributed by atoms with Crippen molar-refractivity contribution < 1.29 is 14.6 Å². The van der Waals surface area contributed by atoms with E-state index in [0.29, 0.717) is 0 Å². The van der Waals surface area contributed by atoms with Gasteiger partial charge in [0.1, 0.15) is 5.60 Å². The molecule has 4 nitrogen and oxygen atoms in total. The van der Waals surface area contributed by atoms with E-state index in [4.69, 9.17) is 4.74 Å². The maximum Gasteiger partial charge on any atom is 0.410 e. The maximum absolute atomic E-state index is 11.9. The quantitative estimate of drug-likeness (QED) is 0.914. The predicted molar refractivity (Wildman–Crippen MR) is 74.9 cm³/mol. The first-order valence-electron chi connectivity index (χ1n) is 6.41. The number of ether oxygens (including phenoxy) is 1. The number of nitrogens with zero attached hydrogens (tertiary/aromatic N) is 1. The van der Waals surface area contributed by atoms with Gasteiger partial charge in [0.15, 0.2) is 0 Å². The maximum atomic E-state index is 11.9. The highest BCUT2D eigenvalue weighted by atomic mass is 16.6. The Hall–Kier alpha value is -1.55. The molecule has 0 bridgehead atoms. The first-order chi connectivity index (χ1) is 8.72. The van der Waals surface area contributed by atoms with Crippen LogP contribution in [0.3, 0.4) is 0 Å². The summed E-state index contributed by atoms with van der Waals surface area (Å²) in [5.74, 6) is 0. The number of hydrogen-bond acceptors (Lipinski definition) is 3. The van der Waals surface area contributed by atoms with E-state index in [1.165, 1.54) is 4.90 Å². The lowest BCUT2D eigenvalue weighted by molar-refractivity contribution is 0.00518. The van der Waals surface area contributed by atoms with Crippen LogP contribution in [-0.2, 0) is 4.74 Å². The molecule has 0 saturated carbocycles. The molecule has 2 atom stereocenters. The minimum atomic E-state index is -0.737. The van der Waals surface area contributed by atoms with Gasteiger partial charge >= 0.3 is 6.09 Å². The molecule has 0 saturated heterocycles. The number of carbonyl (C=O) groups is 1. The average Bonchev–Trinajstić information content (AvgIpc) is 2.35. The monoisotopic (exact) mass is 265 g/mol. The molecule has 0 radical (unpaired) electrons. The summed E-state index contributed by atoms with van der Waals surface area (Å²) in [4.78, 5) is 13.3. The summed E-state index contributed by atoms with van der Waals surface area (Å²) in [6, 6.07) is 8.92. The topological polar surface area (TPSA) is 49.8 Å². The van der Waals surface area contributed by atoms with E-state index in [9.17, 15) is 9.90 Å². The molecule has 0 aliphatic carbocycles. The molecule has 106 valence electrons. The second kappa shape index (κ2) is 6.06. The lowest BCUT2D eigenvalue weighted by Gasteiger charge is -2.31. The fourth-order valence-corrected chi connectivity index (χ4v) is 1.64. The van der Waals surface area contributed by atoms with Crippen LogP contribution in [0.15, 0.2) is 30.3 Å². The summed E-state index contributed by atoms with van der Waals surface area (Å²) in [6.45, 7) is 7.24. The van der Waals surface area contributed by atoms with Gasteiger partial charge in [0.05, 0.1) is 12.1 Å². The number of hydrogen-bond donors (Lipinski definition) is 1. The van der Waals surface area contributed by atoms with Gasteiger partial charge in [-0.05, 0) is 33.3 Å². The van der Waals surface area contributed by atoms with Crippen LogP contribution >= 0.6 is 0 Å². The zero-order valence-electron chi connectivity index (χ0n) is 12.3. The van der Waals surface area contributed by atoms with Gasteiger partial charge in [0.2, 0.25) is 0 Å². The number of carbonyl (C=O) groups excluding carboxylic acids is 1. The summed E-state index contributed by atoms with van der Waals surface area (Å²) in [7, 11) is 1.63. The fraction of sp³-hybridized carbons (Fsp3) is 0.533. The van der Waals surface area contributed by atoms with Gasteiger partial charge in [0.25, 0.3) is 0 Å². The number of benzene rings is 1. The molecule has 1 N–H and O–H groups in total. The molecule has 1 amide bonds. The van der Waals surface area contributed by atoms with E-state index < -0.39 is 17.8 Å². The molecule has 0 fully saturated rings. The van der Waals surface area contributed by atoms with Crippen molar-refractivity contribution in [2.45, 2.75) is 45.4 Å². The van der Waals surface area contributed by atoms with Gasteiger partial charge < -0.3 is 14.7 Å². The molecule has 4 heteroatoms. The molecule has 0 aromatic heterocycles. The molecule has 1 rings (SSSR count). The Bertz CT molecular complexity index is 411. The first-order valence-corrected chi connectivity index (χ1v) is 6.41. The van der Waals surface area contributed by atoms with Crippen LogP contribution in [0.1, 0.15) is 39.4 Å². The van der Waals surface area contributed by atoms with Crippen LogP contribution in [0.25, 0.3) is 0 Å². The smallest absolute Gasteiger partial charge is 0.410 e. The Morgan fingerprint density at radius 2 is 1.79 bits per heavy atom. The lowest BCUT2D eigenvalue weighted by atomic mass is 10.0.